The van der Waals surface area contributed by atoms with Crippen LogP contribution < -0.4 is 0 Å². The summed E-state index contributed by atoms with van der Waals surface area (Å²) in [6.45, 7) is 17.1. The third-order valence-corrected chi connectivity index (χ3v) is 6.19. The van der Waals surface area contributed by atoms with E-state index in [1.807, 2.05) is 0 Å². The van der Waals surface area contributed by atoms with E-state index in [-0.39, 0.29) is 0 Å². The van der Waals surface area contributed by atoms with Crippen LogP contribution in [-0.2, 0) is 0 Å². The van der Waals surface area contributed by atoms with Gasteiger partial charge in [-0.15, -0.1) is 0 Å². The molecule has 1 fully saturated rings. The molecule has 0 aromatic rings. The Kier molecular flexibility index (Phi) is 5.74. The van der Waals surface area contributed by atoms with Crippen molar-refractivity contribution in [2.45, 2.75) is 80.6 Å². The van der Waals surface area contributed by atoms with Gasteiger partial charge >= 0.3 is 0 Å². The van der Waals surface area contributed by atoms with Crippen LogP contribution in [-0.4, -0.2) is 0 Å². The predicted octanol–water partition coefficient (Wildman–Crippen LogP) is 6.16. The lowest BCUT2D eigenvalue weighted by Crippen LogP contribution is -2.30. The second-order valence-corrected chi connectivity index (χ2v) is 7.95. The lowest BCUT2D eigenvalue weighted by Gasteiger charge is -2.37. The third kappa shape index (κ3) is 3.52. The molecular weight excluding hydrogens is 216 g/mol. The molecular formula is C18H36. The quantitative estimate of drug-likeness (QED) is 0.531. The van der Waals surface area contributed by atoms with Gasteiger partial charge in [-0.05, 0) is 47.8 Å². The molecule has 0 bridgehead atoms. The van der Waals surface area contributed by atoms with Gasteiger partial charge in [0.25, 0.3) is 0 Å². The molecule has 4 atom stereocenters. The summed E-state index contributed by atoms with van der Waals surface area (Å²) in [5.74, 6) is 4.52. The van der Waals surface area contributed by atoms with Crippen LogP contribution in [0, 0.1) is 35.0 Å². The van der Waals surface area contributed by atoms with Crippen LogP contribution >= 0.6 is 0 Å². The molecule has 0 nitrogen and oxygen atoms in total. The van der Waals surface area contributed by atoms with Crippen molar-refractivity contribution < 1.29 is 0 Å². The smallest absolute Gasteiger partial charge is 0.0274 e. The molecule has 4 unspecified atom stereocenters. The fourth-order valence-electron chi connectivity index (χ4n) is 4.10. The van der Waals surface area contributed by atoms with Crippen molar-refractivity contribution >= 4 is 0 Å². The van der Waals surface area contributed by atoms with Gasteiger partial charge in [0, 0.05) is 0 Å². The van der Waals surface area contributed by atoms with Crippen LogP contribution in [0.15, 0.2) is 0 Å². The second kappa shape index (κ2) is 6.44. The SMILES string of the molecule is CC(C)CCCC(C)C1CCC(C)(C(C)C)C1C. The van der Waals surface area contributed by atoms with E-state index >= 15 is 0 Å². The molecule has 108 valence electrons. The van der Waals surface area contributed by atoms with Gasteiger partial charge in [-0.3, -0.25) is 0 Å². The van der Waals surface area contributed by atoms with Crippen LogP contribution in [0.25, 0.3) is 0 Å². The van der Waals surface area contributed by atoms with Gasteiger partial charge in [0.15, 0.2) is 0 Å². The first-order chi connectivity index (χ1) is 8.29. The number of rotatable bonds is 6. The van der Waals surface area contributed by atoms with Crippen molar-refractivity contribution in [3.8, 4) is 0 Å². The van der Waals surface area contributed by atoms with Gasteiger partial charge in [-0.25, -0.2) is 0 Å². The molecule has 0 radical (unpaired) electrons. The summed E-state index contributed by atoms with van der Waals surface area (Å²) in [7, 11) is 0. The van der Waals surface area contributed by atoms with E-state index < -0.39 is 0 Å². The average molecular weight is 252 g/mol. The predicted molar refractivity (Wildman–Crippen MR) is 82.7 cm³/mol. The Balaban J connectivity index is 2.48. The van der Waals surface area contributed by atoms with Gasteiger partial charge in [0.1, 0.15) is 0 Å². The molecule has 0 N–H and O–H groups in total. The zero-order valence-corrected chi connectivity index (χ0v) is 13.9. The Morgan fingerprint density at radius 2 is 1.67 bits per heavy atom. The molecule has 0 spiro atoms. The second-order valence-electron chi connectivity index (χ2n) is 7.95. The van der Waals surface area contributed by atoms with Crippen molar-refractivity contribution in [3.63, 3.8) is 0 Å². The lowest BCUT2D eigenvalue weighted by atomic mass is 9.68. The van der Waals surface area contributed by atoms with E-state index in [1.165, 1.54) is 32.1 Å². The van der Waals surface area contributed by atoms with E-state index in [1.54, 1.807) is 0 Å². The van der Waals surface area contributed by atoms with Gasteiger partial charge < -0.3 is 0 Å². The molecule has 0 saturated heterocycles. The van der Waals surface area contributed by atoms with Gasteiger partial charge in [0.05, 0.1) is 0 Å². The van der Waals surface area contributed by atoms with E-state index in [9.17, 15) is 0 Å². The largest absolute Gasteiger partial charge is 0.0628 e. The highest BCUT2D eigenvalue weighted by Crippen LogP contribution is 2.53. The number of hydrogen-bond donors (Lipinski definition) is 0. The highest BCUT2D eigenvalue weighted by Gasteiger charge is 2.45. The Labute approximate surface area is 116 Å². The molecule has 1 saturated carbocycles. The molecule has 0 aromatic heterocycles. The third-order valence-electron chi connectivity index (χ3n) is 6.19. The summed E-state index contributed by atoms with van der Waals surface area (Å²) in [6.07, 6.45) is 7.21. The maximum absolute atomic E-state index is 2.53. The first-order valence-corrected chi connectivity index (χ1v) is 8.29. The highest BCUT2D eigenvalue weighted by atomic mass is 14.5. The van der Waals surface area contributed by atoms with Crippen LogP contribution in [0.4, 0.5) is 0 Å². The summed E-state index contributed by atoms with van der Waals surface area (Å²) in [5, 5.41) is 0. The summed E-state index contributed by atoms with van der Waals surface area (Å²) >= 11 is 0. The maximum Gasteiger partial charge on any atom is -0.0274 e. The minimum Gasteiger partial charge on any atom is -0.0628 e. The Hall–Kier alpha value is 0. The van der Waals surface area contributed by atoms with E-state index in [2.05, 4.69) is 48.5 Å². The minimum atomic E-state index is 0.594. The normalized spacial score (nSPS) is 34.5. The van der Waals surface area contributed by atoms with Crippen LogP contribution in [0.2, 0.25) is 0 Å². The molecule has 1 aliphatic rings. The molecule has 0 aromatic carbocycles. The lowest BCUT2D eigenvalue weighted by molar-refractivity contribution is 0.119. The number of hydrogen-bond acceptors (Lipinski definition) is 0. The van der Waals surface area contributed by atoms with E-state index in [0.29, 0.717) is 5.41 Å². The Bertz CT molecular complexity index is 240. The van der Waals surface area contributed by atoms with Gasteiger partial charge in [-0.1, -0.05) is 67.7 Å². The monoisotopic (exact) mass is 252 g/mol. The standard InChI is InChI=1S/C18H36/c1-13(2)9-8-10-15(5)17-11-12-18(7,14(3)4)16(17)6/h13-17H,8-12H2,1-7H3. The zero-order chi connectivity index (χ0) is 13.9. The topological polar surface area (TPSA) is 0 Å². The van der Waals surface area contributed by atoms with Crippen LogP contribution in [0.3, 0.4) is 0 Å². The molecule has 18 heavy (non-hydrogen) atoms. The minimum absolute atomic E-state index is 0.594. The molecule has 1 aliphatic carbocycles. The molecule has 0 heterocycles. The van der Waals surface area contributed by atoms with Crippen LogP contribution in [0.5, 0.6) is 0 Å². The van der Waals surface area contributed by atoms with Crippen molar-refractivity contribution in [1.29, 1.82) is 0 Å². The van der Waals surface area contributed by atoms with Gasteiger partial charge in [-0.2, -0.15) is 0 Å². The fraction of sp³-hybridized carbons (Fsp3) is 1.00. The fourth-order valence-corrected chi connectivity index (χ4v) is 4.10. The van der Waals surface area contributed by atoms with Crippen LogP contribution in [0.1, 0.15) is 80.6 Å². The first kappa shape index (κ1) is 16.1. The van der Waals surface area contributed by atoms with E-state index in [4.69, 9.17) is 0 Å². The first-order valence-electron chi connectivity index (χ1n) is 8.29. The summed E-state index contributed by atoms with van der Waals surface area (Å²) < 4.78 is 0. The van der Waals surface area contributed by atoms with Gasteiger partial charge in [0.2, 0.25) is 0 Å². The van der Waals surface area contributed by atoms with Crippen molar-refractivity contribution in [2.24, 2.45) is 35.0 Å². The van der Waals surface area contributed by atoms with E-state index in [0.717, 1.165) is 29.6 Å². The summed E-state index contributed by atoms with van der Waals surface area (Å²) in [6, 6.07) is 0. The Morgan fingerprint density at radius 3 is 2.11 bits per heavy atom. The molecule has 0 aliphatic heterocycles. The highest BCUT2D eigenvalue weighted by molar-refractivity contribution is 4.94. The molecule has 0 heteroatoms. The molecule has 1 rings (SSSR count). The van der Waals surface area contributed by atoms with Crippen molar-refractivity contribution in [1.82, 2.24) is 0 Å². The summed E-state index contributed by atoms with van der Waals surface area (Å²) in [5.41, 5.74) is 0.594. The molecule has 0 amide bonds. The summed E-state index contributed by atoms with van der Waals surface area (Å²) in [4.78, 5) is 0. The van der Waals surface area contributed by atoms with Crippen molar-refractivity contribution in [3.05, 3.63) is 0 Å². The zero-order valence-electron chi connectivity index (χ0n) is 13.9. The van der Waals surface area contributed by atoms with Crippen molar-refractivity contribution in [2.75, 3.05) is 0 Å². The Morgan fingerprint density at radius 1 is 1.06 bits per heavy atom. The maximum atomic E-state index is 2.53. The average Bonchev–Trinajstić information content (AvgIpc) is 2.56.